The van der Waals surface area contributed by atoms with Crippen molar-refractivity contribution in [1.29, 1.82) is 0 Å². The van der Waals surface area contributed by atoms with E-state index in [9.17, 15) is 5.11 Å². The summed E-state index contributed by atoms with van der Waals surface area (Å²) in [4.78, 5) is 7.36. The van der Waals surface area contributed by atoms with Crippen LogP contribution < -0.4 is 5.32 Å². The van der Waals surface area contributed by atoms with Gasteiger partial charge in [0.15, 0.2) is 0 Å². The number of likely N-dealkylation sites (tertiary alicyclic amines) is 1. The Hall–Kier alpha value is -0.970. The summed E-state index contributed by atoms with van der Waals surface area (Å²) in [6, 6.07) is 5.58. The van der Waals surface area contributed by atoms with Crippen LogP contribution in [0.3, 0.4) is 0 Å². The molecule has 1 aliphatic carbocycles. The molecule has 0 bridgehead atoms. The van der Waals surface area contributed by atoms with E-state index >= 15 is 0 Å². The van der Waals surface area contributed by atoms with Crippen molar-refractivity contribution in [3.05, 3.63) is 29.1 Å². The lowest BCUT2D eigenvalue weighted by Gasteiger charge is -2.30. The molecule has 2 fully saturated rings. The third-order valence-corrected chi connectivity index (χ3v) is 5.71. The number of aryl methyl sites for hydroxylation is 1. The van der Waals surface area contributed by atoms with Crippen LogP contribution in [0.5, 0.6) is 0 Å². The van der Waals surface area contributed by atoms with Crippen LogP contribution in [0.15, 0.2) is 12.1 Å². The summed E-state index contributed by atoms with van der Waals surface area (Å²) in [5.74, 6) is 0.484. The van der Waals surface area contributed by atoms with Crippen molar-refractivity contribution < 1.29 is 5.11 Å². The largest absolute Gasteiger partial charge is 0.392 e. The van der Waals surface area contributed by atoms with Crippen LogP contribution in [0, 0.1) is 0 Å². The second kappa shape index (κ2) is 7.94. The summed E-state index contributed by atoms with van der Waals surface area (Å²) in [5, 5.41) is 13.6. The predicted molar refractivity (Wildman–Crippen MR) is 98.2 cm³/mol. The van der Waals surface area contributed by atoms with Gasteiger partial charge in [0.1, 0.15) is 0 Å². The summed E-state index contributed by atoms with van der Waals surface area (Å²) in [5.41, 5.74) is 3.77. The van der Waals surface area contributed by atoms with Crippen LogP contribution in [-0.4, -0.2) is 46.3 Å². The fourth-order valence-corrected chi connectivity index (χ4v) is 4.26. The highest BCUT2D eigenvalue weighted by molar-refractivity contribution is 5.24. The van der Waals surface area contributed by atoms with Crippen molar-refractivity contribution in [3.8, 4) is 0 Å². The van der Waals surface area contributed by atoms with Crippen LogP contribution in [-0.2, 0) is 13.0 Å². The van der Waals surface area contributed by atoms with Crippen molar-refractivity contribution in [2.75, 3.05) is 13.1 Å². The molecule has 0 aromatic carbocycles. The molecule has 0 radical (unpaired) electrons. The Balaban J connectivity index is 1.62. The lowest BCUT2D eigenvalue weighted by molar-refractivity contribution is 0.150. The molecule has 2 heterocycles. The first kappa shape index (κ1) is 17.8. The molecule has 1 saturated carbocycles. The fourth-order valence-electron chi connectivity index (χ4n) is 4.26. The molecule has 2 N–H and O–H groups in total. The quantitative estimate of drug-likeness (QED) is 0.841. The lowest BCUT2D eigenvalue weighted by Crippen LogP contribution is -2.46. The highest BCUT2D eigenvalue weighted by atomic mass is 16.3. The van der Waals surface area contributed by atoms with Gasteiger partial charge in [0.2, 0.25) is 0 Å². The van der Waals surface area contributed by atoms with Gasteiger partial charge < -0.3 is 10.4 Å². The SMILES string of the molecule is CCc1nc(C(C)C)ccc1CN[C@@H]1CCC[C@@H]1N1CCC(O)C1. The number of β-amino-alcohol motifs (C(OH)–C–C–N with tert-alkyl or cyclic N) is 1. The number of aromatic nitrogens is 1. The Morgan fingerprint density at radius 3 is 2.79 bits per heavy atom. The van der Waals surface area contributed by atoms with E-state index in [0.29, 0.717) is 18.0 Å². The zero-order chi connectivity index (χ0) is 17.1. The van der Waals surface area contributed by atoms with E-state index in [-0.39, 0.29) is 6.10 Å². The molecule has 1 aromatic heterocycles. The third kappa shape index (κ3) is 3.98. The van der Waals surface area contributed by atoms with E-state index < -0.39 is 0 Å². The number of hydrogen-bond acceptors (Lipinski definition) is 4. The van der Waals surface area contributed by atoms with Gasteiger partial charge in [0.05, 0.1) is 6.10 Å². The minimum absolute atomic E-state index is 0.120. The monoisotopic (exact) mass is 331 g/mol. The normalized spacial score (nSPS) is 28.1. The number of pyridine rings is 1. The Morgan fingerprint density at radius 1 is 1.29 bits per heavy atom. The minimum Gasteiger partial charge on any atom is -0.392 e. The first-order chi connectivity index (χ1) is 11.6. The molecule has 1 unspecified atom stereocenters. The highest BCUT2D eigenvalue weighted by Gasteiger charge is 2.35. The molecule has 4 heteroatoms. The molecule has 134 valence electrons. The molecule has 1 saturated heterocycles. The molecule has 2 aliphatic rings. The number of aliphatic hydroxyl groups excluding tert-OH is 1. The van der Waals surface area contributed by atoms with E-state index in [1.807, 2.05) is 0 Å². The van der Waals surface area contributed by atoms with Gasteiger partial charge in [-0.2, -0.15) is 0 Å². The molecule has 3 rings (SSSR count). The topological polar surface area (TPSA) is 48.4 Å². The third-order valence-electron chi connectivity index (χ3n) is 5.71. The zero-order valence-corrected chi connectivity index (χ0v) is 15.5. The average Bonchev–Trinajstić information content (AvgIpc) is 3.21. The minimum atomic E-state index is -0.120. The summed E-state index contributed by atoms with van der Waals surface area (Å²) in [6.07, 6.45) is 5.60. The van der Waals surface area contributed by atoms with Crippen LogP contribution in [0.25, 0.3) is 0 Å². The predicted octanol–water partition coefficient (Wildman–Crippen LogP) is 2.84. The molecular weight excluding hydrogens is 298 g/mol. The molecule has 0 spiro atoms. The molecule has 1 aromatic rings. The standard InChI is InChI=1S/C20H33N3O/c1-4-17-15(8-9-18(22-17)14(2)3)12-21-19-6-5-7-20(19)23-11-10-16(24)13-23/h8-9,14,16,19-21,24H,4-7,10-13H2,1-3H3/t16?,19-,20+/m1/s1. The Morgan fingerprint density at radius 2 is 2.12 bits per heavy atom. The fraction of sp³-hybridized carbons (Fsp3) is 0.750. The second-order valence-electron chi connectivity index (χ2n) is 7.77. The maximum absolute atomic E-state index is 9.82. The van der Waals surface area contributed by atoms with E-state index in [0.717, 1.165) is 32.5 Å². The maximum atomic E-state index is 9.82. The number of nitrogens with zero attached hydrogens (tertiary/aromatic N) is 2. The summed E-state index contributed by atoms with van der Waals surface area (Å²) < 4.78 is 0. The molecule has 24 heavy (non-hydrogen) atoms. The Kier molecular flexibility index (Phi) is 5.90. The number of rotatable bonds is 6. The average molecular weight is 332 g/mol. The highest BCUT2D eigenvalue weighted by Crippen LogP contribution is 2.28. The van der Waals surface area contributed by atoms with Gasteiger partial charge in [-0.1, -0.05) is 33.3 Å². The molecular formula is C20H33N3O. The van der Waals surface area contributed by atoms with Crippen LogP contribution in [0.1, 0.15) is 69.3 Å². The van der Waals surface area contributed by atoms with Gasteiger partial charge in [-0.05, 0) is 43.2 Å². The Labute approximate surface area is 146 Å². The molecule has 1 aliphatic heterocycles. The first-order valence-corrected chi connectivity index (χ1v) is 9.72. The van der Waals surface area contributed by atoms with Crippen molar-refractivity contribution in [2.24, 2.45) is 0 Å². The number of nitrogens with one attached hydrogen (secondary N) is 1. The first-order valence-electron chi connectivity index (χ1n) is 9.72. The second-order valence-corrected chi connectivity index (χ2v) is 7.77. The summed E-state index contributed by atoms with van der Waals surface area (Å²) in [7, 11) is 0. The van der Waals surface area contributed by atoms with E-state index in [2.05, 4.69) is 43.1 Å². The van der Waals surface area contributed by atoms with Crippen molar-refractivity contribution in [3.63, 3.8) is 0 Å². The molecule has 4 nitrogen and oxygen atoms in total. The van der Waals surface area contributed by atoms with Gasteiger partial charge in [0.25, 0.3) is 0 Å². The lowest BCUT2D eigenvalue weighted by atomic mass is 10.0. The molecule has 0 amide bonds. The van der Waals surface area contributed by atoms with Crippen LogP contribution in [0.4, 0.5) is 0 Å². The van der Waals surface area contributed by atoms with Crippen molar-refractivity contribution in [2.45, 2.75) is 83.5 Å². The summed E-state index contributed by atoms with van der Waals surface area (Å²) in [6.45, 7) is 9.41. The molecule has 3 atom stereocenters. The van der Waals surface area contributed by atoms with Gasteiger partial charge in [-0.15, -0.1) is 0 Å². The maximum Gasteiger partial charge on any atom is 0.0679 e. The zero-order valence-electron chi connectivity index (χ0n) is 15.5. The van der Waals surface area contributed by atoms with E-state index in [1.165, 1.54) is 36.2 Å². The number of hydrogen-bond donors (Lipinski definition) is 2. The van der Waals surface area contributed by atoms with Gasteiger partial charge >= 0.3 is 0 Å². The van der Waals surface area contributed by atoms with E-state index in [4.69, 9.17) is 4.98 Å². The number of aliphatic hydroxyl groups is 1. The smallest absolute Gasteiger partial charge is 0.0679 e. The van der Waals surface area contributed by atoms with Gasteiger partial charge in [-0.25, -0.2) is 0 Å². The van der Waals surface area contributed by atoms with Gasteiger partial charge in [0, 0.05) is 43.1 Å². The van der Waals surface area contributed by atoms with Crippen molar-refractivity contribution >= 4 is 0 Å². The van der Waals surface area contributed by atoms with Crippen LogP contribution >= 0.6 is 0 Å². The van der Waals surface area contributed by atoms with Crippen molar-refractivity contribution in [1.82, 2.24) is 15.2 Å². The van der Waals surface area contributed by atoms with Crippen LogP contribution in [0.2, 0.25) is 0 Å². The van der Waals surface area contributed by atoms with Gasteiger partial charge in [-0.3, -0.25) is 9.88 Å². The Bertz CT molecular complexity index is 546. The van der Waals surface area contributed by atoms with E-state index in [1.54, 1.807) is 0 Å². The summed E-state index contributed by atoms with van der Waals surface area (Å²) >= 11 is 0.